The highest BCUT2D eigenvalue weighted by Crippen LogP contribution is 2.31. The van der Waals surface area contributed by atoms with Gasteiger partial charge in [0.25, 0.3) is 0 Å². The van der Waals surface area contributed by atoms with Crippen molar-refractivity contribution in [3.05, 3.63) is 102 Å². The van der Waals surface area contributed by atoms with Gasteiger partial charge in [-0.1, -0.05) is 49.4 Å². The van der Waals surface area contributed by atoms with Crippen LogP contribution in [0.2, 0.25) is 0 Å². The molecule has 0 aliphatic rings. The van der Waals surface area contributed by atoms with Crippen LogP contribution in [0.4, 0.5) is 0 Å². The molecule has 1 N–H and O–H groups in total. The van der Waals surface area contributed by atoms with Gasteiger partial charge in [-0.25, -0.2) is 14.8 Å². The predicted octanol–water partition coefficient (Wildman–Crippen LogP) is 7.21. The second kappa shape index (κ2) is 9.30. The Morgan fingerprint density at radius 1 is 0.868 bits per heavy atom. The molecule has 0 bridgehead atoms. The molecule has 0 saturated carbocycles. The molecule has 6 aromatic rings. The number of aromatic nitrogens is 4. The standard InChI is InChI=1S/C32H28N4O2/c1-4-8-29-33-26-18-15-22(31-34-30-20(2)9-7-12-27(30)35(31)3)19-28(26)36(29)23-16-13-21(14-17-23)24-10-5-6-11-25(24)32(37)38/h5-7,9-19H,4,8H2,1-3H3,(H,37,38). The van der Waals surface area contributed by atoms with E-state index in [9.17, 15) is 9.90 Å². The smallest absolute Gasteiger partial charge is 0.336 e. The van der Waals surface area contributed by atoms with Crippen molar-refractivity contribution in [2.24, 2.45) is 7.05 Å². The fourth-order valence-electron chi connectivity index (χ4n) is 5.27. The highest BCUT2D eigenvalue weighted by molar-refractivity contribution is 5.96. The highest BCUT2D eigenvalue weighted by atomic mass is 16.4. The van der Waals surface area contributed by atoms with E-state index >= 15 is 0 Å². The van der Waals surface area contributed by atoms with E-state index in [2.05, 4.69) is 66.4 Å². The molecule has 0 unspecified atom stereocenters. The van der Waals surface area contributed by atoms with E-state index in [-0.39, 0.29) is 0 Å². The fraction of sp³-hybridized carbons (Fsp3) is 0.156. The van der Waals surface area contributed by atoms with E-state index in [4.69, 9.17) is 9.97 Å². The Balaban J connectivity index is 1.49. The minimum absolute atomic E-state index is 0.294. The summed E-state index contributed by atoms with van der Waals surface area (Å²) in [6, 6.07) is 27.7. The van der Waals surface area contributed by atoms with Crippen LogP contribution in [0.25, 0.3) is 50.3 Å². The molecule has 6 nitrogen and oxygen atoms in total. The second-order valence-corrected chi connectivity index (χ2v) is 9.65. The Morgan fingerprint density at radius 3 is 2.37 bits per heavy atom. The minimum atomic E-state index is -0.930. The molecule has 6 heteroatoms. The predicted molar refractivity (Wildman–Crippen MR) is 152 cm³/mol. The van der Waals surface area contributed by atoms with Crippen molar-refractivity contribution in [3.63, 3.8) is 0 Å². The number of carboxylic acid groups (broad SMARTS) is 1. The number of hydrogen-bond acceptors (Lipinski definition) is 3. The number of benzene rings is 4. The molecule has 0 aliphatic carbocycles. The second-order valence-electron chi connectivity index (χ2n) is 9.65. The van der Waals surface area contributed by atoms with Crippen LogP contribution < -0.4 is 0 Å². The Hall–Kier alpha value is -4.71. The SMILES string of the molecule is CCCc1nc2ccc(-c3nc4c(C)cccc4n3C)cc2n1-c1ccc(-c2ccccc2C(=O)O)cc1. The molecule has 2 heterocycles. The van der Waals surface area contributed by atoms with Crippen LogP contribution in [-0.4, -0.2) is 30.2 Å². The fourth-order valence-corrected chi connectivity index (χ4v) is 5.27. The van der Waals surface area contributed by atoms with Crippen molar-refractivity contribution in [3.8, 4) is 28.2 Å². The summed E-state index contributed by atoms with van der Waals surface area (Å²) >= 11 is 0. The third-order valence-corrected chi connectivity index (χ3v) is 7.16. The Bertz CT molecular complexity index is 1830. The zero-order valence-corrected chi connectivity index (χ0v) is 21.6. The number of carbonyl (C=O) groups is 1. The number of aryl methyl sites for hydroxylation is 3. The summed E-state index contributed by atoms with van der Waals surface area (Å²) < 4.78 is 4.36. The van der Waals surface area contributed by atoms with E-state index in [0.29, 0.717) is 11.1 Å². The van der Waals surface area contributed by atoms with Gasteiger partial charge in [0, 0.05) is 24.7 Å². The lowest BCUT2D eigenvalue weighted by Crippen LogP contribution is -2.02. The molecule has 2 aromatic heterocycles. The van der Waals surface area contributed by atoms with Crippen LogP contribution in [0.3, 0.4) is 0 Å². The van der Waals surface area contributed by atoms with Crippen molar-refractivity contribution >= 4 is 28.0 Å². The normalized spacial score (nSPS) is 11.4. The lowest BCUT2D eigenvalue weighted by atomic mass is 9.99. The van der Waals surface area contributed by atoms with Crippen molar-refractivity contribution in [1.29, 1.82) is 0 Å². The molecular weight excluding hydrogens is 472 g/mol. The average molecular weight is 501 g/mol. The van der Waals surface area contributed by atoms with Gasteiger partial charge in [0.15, 0.2) is 0 Å². The minimum Gasteiger partial charge on any atom is -0.478 e. The third kappa shape index (κ3) is 3.86. The summed E-state index contributed by atoms with van der Waals surface area (Å²) in [5, 5.41) is 9.63. The summed E-state index contributed by atoms with van der Waals surface area (Å²) in [5.41, 5.74) is 9.13. The molecule has 0 fully saturated rings. The van der Waals surface area contributed by atoms with Crippen LogP contribution in [0.5, 0.6) is 0 Å². The topological polar surface area (TPSA) is 72.9 Å². The Kier molecular flexibility index (Phi) is 5.80. The van der Waals surface area contributed by atoms with Crippen LogP contribution in [0.15, 0.2) is 84.9 Å². The highest BCUT2D eigenvalue weighted by Gasteiger charge is 2.17. The molecule has 0 aliphatic heterocycles. The van der Waals surface area contributed by atoms with E-state index in [1.54, 1.807) is 12.1 Å². The molecule has 6 rings (SSSR count). The molecule has 4 aromatic carbocycles. The van der Waals surface area contributed by atoms with Crippen LogP contribution in [-0.2, 0) is 13.5 Å². The van der Waals surface area contributed by atoms with Gasteiger partial charge in [-0.2, -0.15) is 0 Å². The molecule has 0 amide bonds. The first-order valence-electron chi connectivity index (χ1n) is 12.8. The number of rotatable bonds is 6. The third-order valence-electron chi connectivity index (χ3n) is 7.16. The molecule has 0 radical (unpaired) electrons. The molecule has 188 valence electrons. The van der Waals surface area contributed by atoms with Crippen molar-refractivity contribution in [2.75, 3.05) is 0 Å². The number of aromatic carboxylic acids is 1. The van der Waals surface area contributed by atoms with Gasteiger partial charge in [0.2, 0.25) is 0 Å². The zero-order valence-electron chi connectivity index (χ0n) is 21.6. The van der Waals surface area contributed by atoms with Crippen LogP contribution >= 0.6 is 0 Å². The number of nitrogens with zero attached hydrogens (tertiary/aromatic N) is 4. The summed E-state index contributed by atoms with van der Waals surface area (Å²) in [6.07, 6.45) is 1.82. The average Bonchev–Trinajstić information content (AvgIpc) is 3.46. The molecule has 0 saturated heterocycles. The van der Waals surface area contributed by atoms with E-state index in [1.807, 2.05) is 36.4 Å². The van der Waals surface area contributed by atoms with Gasteiger partial charge in [0.1, 0.15) is 11.6 Å². The molecule has 0 atom stereocenters. The van der Waals surface area contributed by atoms with Gasteiger partial charge in [-0.15, -0.1) is 0 Å². The van der Waals surface area contributed by atoms with E-state index < -0.39 is 5.97 Å². The Morgan fingerprint density at radius 2 is 1.63 bits per heavy atom. The largest absolute Gasteiger partial charge is 0.478 e. The number of imidazole rings is 2. The van der Waals surface area contributed by atoms with Gasteiger partial charge in [0.05, 0.1) is 27.6 Å². The Labute approximate surface area is 220 Å². The van der Waals surface area contributed by atoms with E-state index in [1.165, 1.54) is 0 Å². The maximum absolute atomic E-state index is 11.7. The van der Waals surface area contributed by atoms with E-state index in [0.717, 1.165) is 68.9 Å². The maximum Gasteiger partial charge on any atom is 0.336 e. The van der Waals surface area contributed by atoms with Crippen LogP contribution in [0.1, 0.15) is 35.1 Å². The molecule has 38 heavy (non-hydrogen) atoms. The number of carboxylic acids is 1. The van der Waals surface area contributed by atoms with Gasteiger partial charge in [-0.3, -0.25) is 4.57 Å². The van der Waals surface area contributed by atoms with Crippen LogP contribution in [0, 0.1) is 6.92 Å². The lowest BCUT2D eigenvalue weighted by molar-refractivity contribution is 0.0697. The summed E-state index contributed by atoms with van der Waals surface area (Å²) in [4.78, 5) is 21.7. The van der Waals surface area contributed by atoms with Gasteiger partial charge >= 0.3 is 5.97 Å². The monoisotopic (exact) mass is 500 g/mol. The van der Waals surface area contributed by atoms with Crippen molar-refractivity contribution < 1.29 is 9.90 Å². The number of hydrogen-bond donors (Lipinski definition) is 1. The lowest BCUT2D eigenvalue weighted by Gasteiger charge is -2.12. The van der Waals surface area contributed by atoms with Crippen molar-refractivity contribution in [2.45, 2.75) is 26.7 Å². The van der Waals surface area contributed by atoms with Crippen molar-refractivity contribution in [1.82, 2.24) is 19.1 Å². The zero-order chi connectivity index (χ0) is 26.4. The first-order valence-corrected chi connectivity index (χ1v) is 12.8. The summed E-state index contributed by atoms with van der Waals surface area (Å²) in [7, 11) is 2.06. The first kappa shape index (κ1) is 23.7. The quantitative estimate of drug-likeness (QED) is 0.262. The van der Waals surface area contributed by atoms with Gasteiger partial charge < -0.3 is 9.67 Å². The summed E-state index contributed by atoms with van der Waals surface area (Å²) in [6.45, 7) is 4.25. The number of para-hydroxylation sites is 1. The molecular formula is C32H28N4O2. The molecule has 0 spiro atoms. The first-order chi connectivity index (χ1) is 18.5. The maximum atomic E-state index is 11.7. The van der Waals surface area contributed by atoms with Gasteiger partial charge in [-0.05, 0) is 72.5 Å². The number of fused-ring (bicyclic) bond motifs is 2. The summed E-state index contributed by atoms with van der Waals surface area (Å²) in [5.74, 6) is 0.987.